The molecule has 3 saturated carbocycles. The topological polar surface area (TPSA) is 20.2 Å². The maximum atomic E-state index is 10.3. The highest BCUT2D eigenvalue weighted by Gasteiger charge is 2.58. The first-order valence-corrected chi connectivity index (χ1v) is 14.2. The molecule has 4 rings (SSSR count). The lowest BCUT2D eigenvalue weighted by Crippen LogP contribution is -2.50. The van der Waals surface area contributed by atoms with Crippen molar-refractivity contribution in [2.24, 2.45) is 46.3 Å². The highest BCUT2D eigenvalue weighted by atomic mass is 16.3. The van der Waals surface area contributed by atoms with E-state index in [-0.39, 0.29) is 6.10 Å². The molecule has 0 unspecified atom stereocenters. The zero-order chi connectivity index (χ0) is 23.1. The standard InChI is InChI=1S/C31H52O/c1-7-23(21(2)3)10-8-22(4)9-11-24-13-15-28-27-14-12-25-20-26(32)16-18-31(25,6)29(27)17-19-30(24,28)5/h7,12,21-22,24,26-29,32H,8-11,13-20H2,1-6H3/b23-7+/t22-,24+,26+,27+,28+,29+,30-,31+/m1/s1. The van der Waals surface area contributed by atoms with Crippen molar-refractivity contribution in [3.05, 3.63) is 23.3 Å². The van der Waals surface area contributed by atoms with Crippen LogP contribution in [-0.4, -0.2) is 11.2 Å². The Morgan fingerprint density at radius 3 is 2.56 bits per heavy atom. The van der Waals surface area contributed by atoms with Crippen LogP contribution in [-0.2, 0) is 0 Å². The molecule has 0 spiro atoms. The minimum absolute atomic E-state index is 0.0815. The summed E-state index contributed by atoms with van der Waals surface area (Å²) in [6, 6.07) is 0. The second-order valence-corrected chi connectivity index (χ2v) is 13.2. The van der Waals surface area contributed by atoms with Crippen LogP contribution in [0.1, 0.15) is 119 Å². The molecule has 0 saturated heterocycles. The third-order valence-corrected chi connectivity index (χ3v) is 11.3. The van der Waals surface area contributed by atoms with Gasteiger partial charge in [0, 0.05) is 0 Å². The molecule has 4 aliphatic carbocycles. The first-order valence-electron chi connectivity index (χ1n) is 14.2. The maximum absolute atomic E-state index is 10.3. The van der Waals surface area contributed by atoms with Crippen LogP contribution in [0.15, 0.2) is 23.3 Å². The molecule has 182 valence electrons. The van der Waals surface area contributed by atoms with Gasteiger partial charge in [0.25, 0.3) is 0 Å². The van der Waals surface area contributed by atoms with Gasteiger partial charge < -0.3 is 5.11 Å². The summed E-state index contributed by atoms with van der Waals surface area (Å²) >= 11 is 0. The molecule has 0 heterocycles. The van der Waals surface area contributed by atoms with E-state index < -0.39 is 0 Å². The van der Waals surface area contributed by atoms with Crippen LogP contribution in [0.25, 0.3) is 0 Å². The Kier molecular flexibility index (Phi) is 7.36. The molecule has 0 bridgehead atoms. The zero-order valence-corrected chi connectivity index (χ0v) is 22.1. The van der Waals surface area contributed by atoms with Gasteiger partial charge in [-0.25, -0.2) is 0 Å². The van der Waals surface area contributed by atoms with E-state index in [0.29, 0.717) is 16.7 Å². The van der Waals surface area contributed by atoms with Gasteiger partial charge >= 0.3 is 0 Å². The van der Waals surface area contributed by atoms with Gasteiger partial charge in [0.2, 0.25) is 0 Å². The summed E-state index contributed by atoms with van der Waals surface area (Å²) in [4.78, 5) is 0. The maximum Gasteiger partial charge on any atom is 0.0577 e. The predicted molar refractivity (Wildman–Crippen MR) is 137 cm³/mol. The molecule has 3 fully saturated rings. The third-order valence-electron chi connectivity index (χ3n) is 11.3. The molecule has 4 aliphatic rings. The molecule has 32 heavy (non-hydrogen) atoms. The molecule has 1 heteroatoms. The summed E-state index contributed by atoms with van der Waals surface area (Å²) in [7, 11) is 0. The van der Waals surface area contributed by atoms with Crippen LogP contribution in [0.4, 0.5) is 0 Å². The number of allylic oxidation sites excluding steroid dienone is 3. The summed E-state index contributed by atoms with van der Waals surface area (Å²) in [5.41, 5.74) is 4.24. The number of hydrogen-bond donors (Lipinski definition) is 1. The van der Waals surface area contributed by atoms with E-state index in [4.69, 9.17) is 0 Å². The molecule has 0 aromatic rings. The van der Waals surface area contributed by atoms with E-state index in [9.17, 15) is 5.11 Å². The SMILES string of the molecule is C/C=C(\CC[C@@H](C)CC[C@H]1CC[C@H]2[C@@H]3CC=C4C[C@@H](O)CC[C@]4(C)[C@H]3CC[C@]12C)C(C)C. The fourth-order valence-corrected chi connectivity index (χ4v) is 9.03. The van der Waals surface area contributed by atoms with Crippen molar-refractivity contribution in [1.29, 1.82) is 0 Å². The van der Waals surface area contributed by atoms with Crippen LogP contribution >= 0.6 is 0 Å². The van der Waals surface area contributed by atoms with Crippen molar-refractivity contribution in [1.82, 2.24) is 0 Å². The Labute approximate surface area is 199 Å². The molecule has 0 aromatic carbocycles. The molecule has 0 aromatic heterocycles. The molecule has 0 radical (unpaired) electrons. The van der Waals surface area contributed by atoms with Gasteiger partial charge in [0.05, 0.1) is 6.10 Å². The molecule has 0 amide bonds. The van der Waals surface area contributed by atoms with Crippen molar-refractivity contribution in [2.45, 2.75) is 125 Å². The minimum atomic E-state index is -0.0815. The van der Waals surface area contributed by atoms with Crippen molar-refractivity contribution in [3.63, 3.8) is 0 Å². The fraction of sp³-hybridized carbons (Fsp3) is 0.871. The quantitative estimate of drug-likeness (QED) is 0.392. The van der Waals surface area contributed by atoms with Gasteiger partial charge in [-0.05, 0) is 124 Å². The van der Waals surface area contributed by atoms with Gasteiger partial charge in [-0.15, -0.1) is 0 Å². The average molecular weight is 441 g/mol. The second-order valence-electron chi connectivity index (χ2n) is 13.2. The summed E-state index contributed by atoms with van der Waals surface area (Å²) in [6.07, 6.45) is 20.8. The van der Waals surface area contributed by atoms with Crippen LogP contribution in [0.3, 0.4) is 0 Å². The summed E-state index contributed by atoms with van der Waals surface area (Å²) in [5, 5.41) is 10.3. The van der Waals surface area contributed by atoms with E-state index in [1.807, 2.05) is 0 Å². The van der Waals surface area contributed by atoms with Gasteiger partial charge in [0.15, 0.2) is 0 Å². The molecule has 1 nitrogen and oxygen atoms in total. The van der Waals surface area contributed by atoms with Gasteiger partial charge in [-0.1, -0.05) is 64.3 Å². The summed E-state index contributed by atoms with van der Waals surface area (Å²) < 4.78 is 0. The third kappa shape index (κ3) is 4.42. The van der Waals surface area contributed by atoms with Crippen LogP contribution in [0.5, 0.6) is 0 Å². The molecule has 8 atom stereocenters. The number of aliphatic hydroxyl groups excluding tert-OH is 1. The first-order chi connectivity index (χ1) is 15.2. The number of hydrogen-bond acceptors (Lipinski definition) is 1. The predicted octanol–water partition coefficient (Wildman–Crippen LogP) is 8.73. The second kappa shape index (κ2) is 9.59. The number of fused-ring (bicyclic) bond motifs is 5. The largest absolute Gasteiger partial charge is 0.393 e. The van der Waals surface area contributed by atoms with Gasteiger partial charge in [-0.2, -0.15) is 0 Å². The first kappa shape index (κ1) is 24.6. The van der Waals surface area contributed by atoms with Gasteiger partial charge in [0.1, 0.15) is 0 Å². The lowest BCUT2D eigenvalue weighted by Gasteiger charge is -2.58. The van der Waals surface area contributed by atoms with Crippen LogP contribution in [0, 0.1) is 46.3 Å². The Morgan fingerprint density at radius 2 is 1.84 bits per heavy atom. The van der Waals surface area contributed by atoms with Crippen molar-refractivity contribution in [2.75, 3.05) is 0 Å². The van der Waals surface area contributed by atoms with Crippen molar-refractivity contribution < 1.29 is 5.11 Å². The molecular formula is C31H52O. The molecule has 0 aliphatic heterocycles. The monoisotopic (exact) mass is 440 g/mol. The van der Waals surface area contributed by atoms with E-state index in [1.165, 1.54) is 64.2 Å². The van der Waals surface area contributed by atoms with Gasteiger partial charge in [-0.3, -0.25) is 0 Å². The highest BCUT2D eigenvalue weighted by Crippen LogP contribution is 2.66. The van der Waals surface area contributed by atoms with Crippen LogP contribution in [0.2, 0.25) is 0 Å². The lowest BCUT2D eigenvalue weighted by atomic mass is 9.47. The minimum Gasteiger partial charge on any atom is -0.393 e. The lowest BCUT2D eigenvalue weighted by molar-refractivity contribution is -0.0512. The zero-order valence-electron chi connectivity index (χ0n) is 22.1. The van der Waals surface area contributed by atoms with E-state index in [2.05, 4.69) is 53.7 Å². The molecule has 1 N–H and O–H groups in total. The van der Waals surface area contributed by atoms with E-state index in [0.717, 1.165) is 42.4 Å². The molecular weight excluding hydrogens is 388 g/mol. The summed E-state index contributed by atoms with van der Waals surface area (Å²) in [6.45, 7) is 14.7. The highest BCUT2D eigenvalue weighted by molar-refractivity contribution is 5.25. The Hall–Kier alpha value is -0.560. The number of aliphatic hydroxyl groups is 1. The smallest absolute Gasteiger partial charge is 0.0577 e. The van der Waals surface area contributed by atoms with Crippen LogP contribution < -0.4 is 0 Å². The summed E-state index contributed by atoms with van der Waals surface area (Å²) in [5.74, 6) is 5.24. The van der Waals surface area contributed by atoms with E-state index in [1.54, 1.807) is 11.1 Å². The Bertz CT molecular complexity index is 716. The average Bonchev–Trinajstić information content (AvgIpc) is 3.09. The van der Waals surface area contributed by atoms with E-state index >= 15 is 0 Å². The Balaban J connectivity index is 1.37. The normalized spacial score (nSPS) is 42.8. The van der Waals surface area contributed by atoms with Crippen molar-refractivity contribution in [3.8, 4) is 0 Å². The number of rotatable bonds is 7. The fourth-order valence-electron chi connectivity index (χ4n) is 9.03. The van der Waals surface area contributed by atoms with Crippen molar-refractivity contribution >= 4 is 0 Å². The Morgan fingerprint density at radius 1 is 1.06 bits per heavy atom.